The summed E-state index contributed by atoms with van der Waals surface area (Å²) in [7, 11) is 0. The van der Waals surface area contributed by atoms with Gasteiger partial charge in [0.2, 0.25) is 5.95 Å². The molecule has 0 fully saturated rings. The molecular weight excluding hydrogens is 417 g/mol. The molecule has 6 heteroatoms. The molecule has 0 saturated heterocycles. The van der Waals surface area contributed by atoms with Gasteiger partial charge >= 0.3 is 0 Å². The van der Waals surface area contributed by atoms with E-state index in [2.05, 4.69) is 34.1 Å². The van der Waals surface area contributed by atoms with Crippen LogP contribution in [-0.4, -0.2) is 16.2 Å². The highest BCUT2D eigenvalue weighted by molar-refractivity contribution is 6.42. The number of halogens is 2. The molecule has 30 heavy (non-hydrogen) atoms. The number of ether oxygens (including phenoxy) is 1. The van der Waals surface area contributed by atoms with Gasteiger partial charge < -0.3 is 14.6 Å². The molecule has 0 radical (unpaired) electrons. The van der Waals surface area contributed by atoms with Gasteiger partial charge in [-0.3, -0.25) is 0 Å². The van der Waals surface area contributed by atoms with Crippen LogP contribution in [0.15, 0.2) is 66.7 Å². The van der Waals surface area contributed by atoms with Crippen LogP contribution in [0.1, 0.15) is 36.6 Å². The molecule has 5 rings (SSSR count). The van der Waals surface area contributed by atoms with Crippen molar-refractivity contribution < 1.29 is 4.74 Å². The molecular formula is C24H21Cl2N3O. The van der Waals surface area contributed by atoms with E-state index in [1.165, 1.54) is 5.56 Å². The summed E-state index contributed by atoms with van der Waals surface area (Å²) in [6.45, 7) is 2.65. The highest BCUT2D eigenvalue weighted by Gasteiger charge is 2.31. The number of hydrogen-bond acceptors (Lipinski definition) is 3. The second-order valence-electron chi connectivity index (χ2n) is 7.42. The first kappa shape index (κ1) is 19.3. The molecule has 0 aliphatic carbocycles. The number of aromatic nitrogens is 2. The van der Waals surface area contributed by atoms with Gasteiger partial charge in [0, 0.05) is 0 Å². The van der Waals surface area contributed by atoms with Crippen molar-refractivity contribution in [2.75, 3.05) is 11.9 Å². The van der Waals surface area contributed by atoms with E-state index >= 15 is 0 Å². The van der Waals surface area contributed by atoms with Crippen molar-refractivity contribution in [1.82, 2.24) is 9.55 Å². The van der Waals surface area contributed by atoms with Gasteiger partial charge in [0.25, 0.3) is 0 Å². The third-order valence-corrected chi connectivity index (χ3v) is 6.33. The number of benzene rings is 3. The van der Waals surface area contributed by atoms with E-state index in [1.54, 1.807) is 0 Å². The average Bonchev–Trinajstić information content (AvgIpc) is 3.14. The minimum Gasteiger partial charge on any atom is -0.494 e. The minimum absolute atomic E-state index is 0.0700. The Labute approximate surface area is 185 Å². The van der Waals surface area contributed by atoms with Crippen molar-refractivity contribution >= 4 is 40.2 Å². The lowest BCUT2D eigenvalue weighted by atomic mass is 9.93. The first-order valence-corrected chi connectivity index (χ1v) is 10.8. The molecule has 2 heterocycles. The lowest BCUT2D eigenvalue weighted by Crippen LogP contribution is -2.27. The summed E-state index contributed by atoms with van der Waals surface area (Å²) in [5, 5.41) is 4.73. The van der Waals surface area contributed by atoms with Crippen LogP contribution >= 0.6 is 23.2 Å². The van der Waals surface area contributed by atoms with Crippen molar-refractivity contribution in [3.8, 4) is 5.75 Å². The van der Waals surface area contributed by atoms with E-state index < -0.39 is 0 Å². The van der Waals surface area contributed by atoms with Crippen molar-refractivity contribution in [3.05, 3.63) is 87.9 Å². The second-order valence-corrected chi connectivity index (χ2v) is 8.23. The van der Waals surface area contributed by atoms with Crippen LogP contribution in [0.5, 0.6) is 5.75 Å². The van der Waals surface area contributed by atoms with E-state index in [0.29, 0.717) is 16.7 Å². The summed E-state index contributed by atoms with van der Waals surface area (Å²) in [6, 6.07) is 22.6. The number of imidazole rings is 1. The molecule has 1 aromatic heterocycles. The van der Waals surface area contributed by atoms with E-state index in [9.17, 15) is 0 Å². The third kappa shape index (κ3) is 3.40. The van der Waals surface area contributed by atoms with Gasteiger partial charge in [-0.25, -0.2) is 4.98 Å². The molecule has 0 unspecified atom stereocenters. The lowest BCUT2D eigenvalue weighted by molar-refractivity contribution is 0.340. The number of fused-ring (bicyclic) bond motifs is 3. The Morgan fingerprint density at radius 1 is 1.00 bits per heavy atom. The predicted molar refractivity (Wildman–Crippen MR) is 123 cm³/mol. The molecule has 4 nitrogen and oxygen atoms in total. The second kappa shape index (κ2) is 7.86. The highest BCUT2D eigenvalue weighted by atomic mass is 35.5. The smallest absolute Gasteiger partial charge is 0.204 e. The molecule has 0 saturated carbocycles. The summed E-state index contributed by atoms with van der Waals surface area (Å²) in [6.07, 6.45) is 0.860. The van der Waals surface area contributed by atoms with Gasteiger partial charge in [-0.2, -0.15) is 0 Å². The standard InChI is InChI=1S/C24H21Cl2N3O/c1-2-30-17-10-7-15(8-11-17)23-14-21(16-9-12-18(25)19(26)13-16)28-24-27-20-5-3-4-6-22(20)29(23)24/h3-13,21,23H,2,14H2,1H3,(H,27,28)/t21-,23-/m0/s1. The fourth-order valence-corrected chi connectivity index (χ4v) is 4.50. The van der Waals surface area contributed by atoms with Gasteiger partial charge in [0.15, 0.2) is 0 Å². The number of anilines is 1. The number of nitrogens with one attached hydrogen (secondary N) is 1. The predicted octanol–water partition coefficient (Wildman–Crippen LogP) is 6.89. The zero-order valence-corrected chi connectivity index (χ0v) is 18.0. The molecule has 1 aliphatic rings. The number of rotatable bonds is 4. The Morgan fingerprint density at radius 2 is 1.77 bits per heavy atom. The van der Waals surface area contributed by atoms with Crippen LogP contribution in [0.3, 0.4) is 0 Å². The normalized spacial score (nSPS) is 18.1. The summed E-state index contributed by atoms with van der Waals surface area (Å²) >= 11 is 12.4. The quantitative estimate of drug-likeness (QED) is 0.377. The van der Waals surface area contributed by atoms with E-state index in [1.807, 2.05) is 49.4 Å². The summed E-state index contributed by atoms with van der Waals surface area (Å²) < 4.78 is 7.92. The SMILES string of the molecule is CCOc1ccc([C@@H]2C[C@@H](c3ccc(Cl)c(Cl)c3)Nc3nc4ccccc4n32)cc1. The molecule has 0 spiro atoms. The van der Waals surface area contributed by atoms with E-state index in [-0.39, 0.29) is 12.1 Å². The Bertz CT molecular complexity index is 1200. The van der Waals surface area contributed by atoms with Crippen molar-refractivity contribution in [2.45, 2.75) is 25.4 Å². The first-order chi connectivity index (χ1) is 14.6. The molecule has 1 aliphatic heterocycles. The average molecular weight is 438 g/mol. The minimum atomic E-state index is 0.0700. The van der Waals surface area contributed by atoms with Crippen molar-refractivity contribution in [1.29, 1.82) is 0 Å². The molecule has 0 amide bonds. The summed E-state index contributed by atoms with van der Waals surface area (Å²) in [5.41, 5.74) is 4.41. The zero-order valence-electron chi connectivity index (χ0n) is 16.5. The largest absolute Gasteiger partial charge is 0.494 e. The van der Waals surface area contributed by atoms with Crippen molar-refractivity contribution in [2.24, 2.45) is 0 Å². The van der Waals surface area contributed by atoms with Crippen LogP contribution in [0.25, 0.3) is 11.0 Å². The molecule has 2 atom stereocenters. The van der Waals surface area contributed by atoms with E-state index in [0.717, 1.165) is 34.7 Å². The maximum absolute atomic E-state index is 6.30. The van der Waals surface area contributed by atoms with Crippen LogP contribution < -0.4 is 10.1 Å². The maximum atomic E-state index is 6.30. The Hall–Kier alpha value is -2.69. The van der Waals surface area contributed by atoms with Crippen LogP contribution in [0.2, 0.25) is 10.0 Å². The topological polar surface area (TPSA) is 39.1 Å². The monoisotopic (exact) mass is 437 g/mol. The van der Waals surface area contributed by atoms with Gasteiger partial charge in [-0.1, -0.05) is 53.5 Å². The lowest BCUT2D eigenvalue weighted by Gasteiger charge is -2.33. The van der Waals surface area contributed by atoms with Crippen LogP contribution in [0.4, 0.5) is 5.95 Å². The number of nitrogens with zero attached hydrogens (tertiary/aromatic N) is 2. The fourth-order valence-electron chi connectivity index (χ4n) is 4.19. The molecule has 1 N–H and O–H groups in total. The van der Waals surface area contributed by atoms with E-state index in [4.69, 9.17) is 32.9 Å². The fraction of sp³-hybridized carbons (Fsp3) is 0.208. The van der Waals surface area contributed by atoms with Crippen LogP contribution in [-0.2, 0) is 0 Å². The maximum Gasteiger partial charge on any atom is 0.204 e. The van der Waals surface area contributed by atoms with Gasteiger partial charge in [0.1, 0.15) is 5.75 Å². The highest BCUT2D eigenvalue weighted by Crippen LogP contribution is 2.42. The number of para-hydroxylation sites is 2. The molecule has 4 aromatic rings. The van der Waals surface area contributed by atoms with Crippen LogP contribution in [0, 0.1) is 0 Å². The molecule has 3 aromatic carbocycles. The third-order valence-electron chi connectivity index (χ3n) is 5.59. The summed E-state index contributed by atoms with van der Waals surface area (Å²) in [5.74, 6) is 1.74. The molecule has 152 valence electrons. The zero-order chi connectivity index (χ0) is 20.7. The van der Waals surface area contributed by atoms with Gasteiger partial charge in [-0.15, -0.1) is 0 Å². The Morgan fingerprint density at radius 3 is 2.53 bits per heavy atom. The van der Waals surface area contributed by atoms with Gasteiger partial charge in [-0.05, 0) is 60.9 Å². The first-order valence-electron chi connectivity index (χ1n) is 10.0. The molecule has 0 bridgehead atoms. The Kier molecular flexibility index (Phi) is 5.05. The Balaban J connectivity index is 1.61. The van der Waals surface area contributed by atoms with Gasteiger partial charge in [0.05, 0.1) is 39.8 Å². The van der Waals surface area contributed by atoms with Crippen molar-refractivity contribution in [3.63, 3.8) is 0 Å². The number of hydrogen-bond donors (Lipinski definition) is 1. The summed E-state index contributed by atoms with van der Waals surface area (Å²) in [4.78, 5) is 4.86.